The van der Waals surface area contributed by atoms with E-state index in [1.54, 1.807) is 11.3 Å². The Hall–Kier alpha value is -1.21. The maximum atomic E-state index is 5.41. The molecule has 0 saturated carbocycles. The highest BCUT2D eigenvalue weighted by molar-refractivity contribution is 7.11. The number of aromatic nitrogens is 3. The first-order valence-corrected chi connectivity index (χ1v) is 6.13. The minimum absolute atomic E-state index is 0.316. The van der Waals surface area contributed by atoms with Crippen molar-refractivity contribution in [3.63, 3.8) is 0 Å². The van der Waals surface area contributed by atoms with Crippen LogP contribution in [0.25, 0.3) is 0 Å². The van der Waals surface area contributed by atoms with Crippen LogP contribution in [-0.2, 0) is 13.0 Å². The number of anilines is 2. The Balaban J connectivity index is 1.93. The van der Waals surface area contributed by atoms with E-state index in [1.165, 1.54) is 16.4 Å². The smallest absolute Gasteiger partial charge is 0.233 e. The van der Waals surface area contributed by atoms with E-state index in [4.69, 9.17) is 5.73 Å². The van der Waals surface area contributed by atoms with Gasteiger partial charge in [0.15, 0.2) is 0 Å². The van der Waals surface area contributed by atoms with E-state index in [9.17, 15) is 0 Å². The van der Waals surface area contributed by atoms with Crippen molar-refractivity contribution in [2.45, 2.75) is 19.9 Å². The first kappa shape index (κ1) is 10.3. The van der Waals surface area contributed by atoms with Gasteiger partial charge in [-0.25, -0.2) is 4.98 Å². The molecular formula is C8H11N5S2. The van der Waals surface area contributed by atoms with E-state index >= 15 is 0 Å². The van der Waals surface area contributed by atoms with Crippen LogP contribution in [0.4, 0.5) is 11.1 Å². The Kier molecular flexibility index (Phi) is 3.12. The van der Waals surface area contributed by atoms with Gasteiger partial charge in [-0.2, -0.15) is 9.36 Å². The Labute approximate surface area is 95.6 Å². The summed E-state index contributed by atoms with van der Waals surface area (Å²) in [5, 5.41) is 4.92. The normalized spacial score (nSPS) is 10.5. The van der Waals surface area contributed by atoms with Gasteiger partial charge in [0.05, 0.1) is 6.54 Å². The van der Waals surface area contributed by atoms with Crippen LogP contribution in [0.2, 0.25) is 0 Å². The number of hydrogen-bond donors (Lipinski definition) is 2. The molecule has 0 amide bonds. The average molecular weight is 241 g/mol. The maximum absolute atomic E-state index is 5.41. The van der Waals surface area contributed by atoms with Gasteiger partial charge in [-0.1, -0.05) is 6.92 Å². The minimum atomic E-state index is 0.316. The van der Waals surface area contributed by atoms with Crippen molar-refractivity contribution in [2.24, 2.45) is 0 Å². The van der Waals surface area contributed by atoms with Crippen molar-refractivity contribution < 1.29 is 0 Å². The van der Waals surface area contributed by atoms with E-state index in [0.717, 1.165) is 16.6 Å². The second kappa shape index (κ2) is 4.54. The molecule has 15 heavy (non-hydrogen) atoms. The highest BCUT2D eigenvalue weighted by atomic mass is 32.1. The van der Waals surface area contributed by atoms with Gasteiger partial charge in [0.2, 0.25) is 11.1 Å². The van der Waals surface area contributed by atoms with Crippen molar-refractivity contribution in [3.05, 3.63) is 16.1 Å². The fraction of sp³-hybridized carbons (Fsp3) is 0.375. The summed E-state index contributed by atoms with van der Waals surface area (Å²) in [6, 6.07) is 0. The van der Waals surface area contributed by atoms with Crippen LogP contribution in [0.3, 0.4) is 0 Å². The standard InChI is InChI=1S/C8H11N5S2/c1-2-5-3-10-6(14-5)4-11-8-12-7(9)13-15-8/h3H,2,4H2,1H3,(H3,9,11,12,13). The highest BCUT2D eigenvalue weighted by Gasteiger charge is 2.03. The third-order valence-electron chi connectivity index (χ3n) is 1.78. The molecule has 0 aliphatic carbocycles. The van der Waals surface area contributed by atoms with Crippen LogP contribution in [-0.4, -0.2) is 14.3 Å². The molecule has 7 heteroatoms. The molecule has 0 saturated heterocycles. The van der Waals surface area contributed by atoms with Gasteiger partial charge in [-0.3, -0.25) is 0 Å². The van der Waals surface area contributed by atoms with Crippen LogP contribution in [0.1, 0.15) is 16.8 Å². The van der Waals surface area contributed by atoms with Crippen LogP contribution >= 0.6 is 22.9 Å². The fourth-order valence-electron chi connectivity index (χ4n) is 1.05. The molecule has 0 unspecified atom stereocenters. The van der Waals surface area contributed by atoms with Crippen LogP contribution < -0.4 is 11.1 Å². The topological polar surface area (TPSA) is 76.7 Å². The van der Waals surface area contributed by atoms with E-state index in [2.05, 4.69) is 26.6 Å². The number of aryl methyl sites for hydroxylation is 1. The van der Waals surface area contributed by atoms with Crippen LogP contribution in [0, 0.1) is 0 Å². The average Bonchev–Trinajstić information content (AvgIpc) is 2.83. The molecule has 5 nitrogen and oxygen atoms in total. The minimum Gasteiger partial charge on any atom is -0.367 e. The first-order chi connectivity index (χ1) is 7.28. The molecule has 3 N–H and O–H groups in total. The molecule has 80 valence electrons. The van der Waals surface area contributed by atoms with Crippen molar-refractivity contribution in [1.29, 1.82) is 0 Å². The predicted octanol–water partition coefficient (Wildman–Crippen LogP) is 1.75. The molecule has 0 radical (unpaired) electrons. The summed E-state index contributed by atoms with van der Waals surface area (Å²) in [6.45, 7) is 2.80. The molecule has 0 aliphatic heterocycles. The third kappa shape index (κ3) is 2.63. The molecule has 0 bridgehead atoms. The largest absolute Gasteiger partial charge is 0.367 e. The Morgan fingerprint density at radius 3 is 3.00 bits per heavy atom. The van der Waals surface area contributed by atoms with Crippen molar-refractivity contribution in [1.82, 2.24) is 14.3 Å². The van der Waals surface area contributed by atoms with Crippen molar-refractivity contribution in [2.75, 3.05) is 11.1 Å². The number of nitrogens with zero attached hydrogens (tertiary/aromatic N) is 3. The van der Waals surface area contributed by atoms with Gasteiger partial charge in [-0.15, -0.1) is 11.3 Å². The molecule has 0 aromatic carbocycles. The zero-order chi connectivity index (χ0) is 10.7. The number of nitrogens with one attached hydrogen (secondary N) is 1. The SMILES string of the molecule is CCc1cnc(CNc2nc(N)ns2)s1. The summed E-state index contributed by atoms with van der Waals surface area (Å²) in [7, 11) is 0. The molecule has 2 rings (SSSR count). The lowest BCUT2D eigenvalue weighted by molar-refractivity contribution is 1.09. The zero-order valence-electron chi connectivity index (χ0n) is 8.23. The summed E-state index contributed by atoms with van der Waals surface area (Å²) >= 11 is 2.97. The van der Waals surface area contributed by atoms with E-state index in [-0.39, 0.29) is 0 Å². The first-order valence-electron chi connectivity index (χ1n) is 4.54. The molecular weight excluding hydrogens is 230 g/mol. The molecule has 0 spiro atoms. The van der Waals surface area contributed by atoms with Gasteiger partial charge < -0.3 is 11.1 Å². The number of nitrogen functional groups attached to an aromatic ring is 1. The lowest BCUT2D eigenvalue weighted by Crippen LogP contribution is -1.98. The summed E-state index contributed by atoms with van der Waals surface area (Å²) in [4.78, 5) is 9.59. The summed E-state index contributed by atoms with van der Waals surface area (Å²) in [5.41, 5.74) is 5.41. The molecule has 2 aromatic rings. The van der Waals surface area contributed by atoms with E-state index in [1.807, 2.05) is 6.20 Å². The second-order valence-corrected chi connectivity index (χ2v) is 4.84. The zero-order valence-corrected chi connectivity index (χ0v) is 9.86. The van der Waals surface area contributed by atoms with Gasteiger partial charge in [-0.05, 0) is 6.42 Å². The fourth-order valence-corrected chi connectivity index (χ4v) is 2.35. The van der Waals surface area contributed by atoms with Crippen LogP contribution in [0.5, 0.6) is 0 Å². The number of hydrogen-bond acceptors (Lipinski definition) is 7. The molecule has 2 heterocycles. The molecule has 0 aliphatic rings. The second-order valence-electron chi connectivity index (χ2n) is 2.89. The number of thiazole rings is 1. The van der Waals surface area contributed by atoms with E-state index in [0.29, 0.717) is 12.5 Å². The molecule has 0 fully saturated rings. The van der Waals surface area contributed by atoms with Crippen molar-refractivity contribution >= 4 is 33.9 Å². The predicted molar refractivity (Wildman–Crippen MR) is 63.1 cm³/mol. The van der Waals surface area contributed by atoms with Gasteiger partial charge in [0.25, 0.3) is 0 Å². The quantitative estimate of drug-likeness (QED) is 0.852. The van der Waals surface area contributed by atoms with Gasteiger partial charge >= 0.3 is 0 Å². The Morgan fingerprint density at radius 2 is 2.40 bits per heavy atom. The molecule has 0 atom stereocenters. The Morgan fingerprint density at radius 1 is 1.53 bits per heavy atom. The van der Waals surface area contributed by atoms with Gasteiger partial charge in [0.1, 0.15) is 5.01 Å². The number of nitrogens with two attached hydrogens (primary N) is 1. The summed E-state index contributed by atoms with van der Waals surface area (Å²) in [6.07, 6.45) is 2.94. The van der Waals surface area contributed by atoms with Crippen LogP contribution in [0.15, 0.2) is 6.20 Å². The van der Waals surface area contributed by atoms with Gasteiger partial charge in [0, 0.05) is 22.6 Å². The molecule has 2 aromatic heterocycles. The lowest BCUT2D eigenvalue weighted by atomic mass is 10.4. The monoisotopic (exact) mass is 241 g/mol. The third-order valence-corrected chi connectivity index (χ3v) is 3.61. The lowest BCUT2D eigenvalue weighted by Gasteiger charge is -1.96. The summed E-state index contributed by atoms with van der Waals surface area (Å²) < 4.78 is 3.88. The maximum Gasteiger partial charge on any atom is 0.233 e. The van der Waals surface area contributed by atoms with Crippen molar-refractivity contribution in [3.8, 4) is 0 Å². The number of rotatable bonds is 4. The Bertz CT molecular complexity index is 436. The summed E-state index contributed by atoms with van der Waals surface area (Å²) in [5.74, 6) is 0.316. The van der Waals surface area contributed by atoms with E-state index < -0.39 is 0 Å². The highest BCUT2D eigenvalue weighted by Crippen LogP contribution is 2.17.